The van der Waals surface area contributed by atoms with E-state index in [0.717, 1.165) is 5.56 Å². The van der Waals surface area contributed by atoms with E-state index >= 15 is 0 Å². The first-order valence-electron chi connectivity index (χ1n) is 12.1. The molecular formula is C26H36N2O7. The van der Waals surface area contributed by atoms with Gasteiger partial charge in [-0.15, -0.1) is 5.48 Å². The quantitative estimate of drug-likeness (QED) is 0.499. The lowest BCUT2D eigenvalue weighted by atomic mass is 9.62. The van der Waals surface area contributed by atoms with Gasteiger partial charge >= 0.3 is 18.0 Å². The number of nitrogens with one attached hydrogen (secondary N) is 2. The first-order valence-corrected chi connectivity index (χ1v) is 12.1. The molecule has 192 valence electrons. The number of hydrogen-bond acceptors (Lipinski definition) is 6. The predicted molar refractivity (Wildman–Crippen MR) is 126 cm³/mol. The molecule has 35 heavy (non-hydrogen) atoms. The van der Waals surface area contributed by atoms with Gasteiger partial charge in [0.25, 0.3) is 0 Å². The lowest BCUT2D eigenvalue weighted by molar-refractivity contribution is -0.174. The van der Waals surface area contributed by atoms with Gasteiger partial charge in [-0.2, -0.15) is 0 Å². The SMILES string of the molecule is CCC1C(C(=O)NCc2ccccc2)C2C(C(=O)O)C2(C)C1(CC)C(=O)ONC(=O)OC(C)(C)C. The van der Waals surface area contributed by atoms with Crippen molar-refractivity contribution in [3.05, 3.63) is 35.9 Å². The zero-order valence-corrected chi connectivity index (χ0v) is 21.2. The molecule has 2 fully saturated rings. The van der Waals surface area contributed by atoms with E-state index in [0.29, 0.717) is 13.0 Å². The van der Waals surface area contributed by atoms with E-state index in [9.17, 15) is 24.3 Å². The normalized spacial score (nSPS) is 31.1. The Hall–Kier alpha value is -3.10. The molecule has 9 heteroatoms. The summed E-state index contributed by atoms with van der Waals surface area (Å²) in [5.74, 6) is -4.58. The summed E-state index contributed by atoms with van der Waals surface area (Å²) in [5, 5.41) is 12.9. The number of hydroxylamine groups is 1. The smallest absolute Gasteiger partial charge is 0.441 e. The van der Waals surface area contributed by atoms with Gasteiger partial charge in [-0.1, -0.05) is 57.5 Å². The Bertz CT molecular complexity index is 989. The van der Waals surface area contributed by atoms with Crippen LogP contribution in [0.5, 0.6) is 0 Å². The second-order valence-corrected chi connectivity index (χ2v) is 10.7. The van der Waals surface area contributed by atoms with Crippen molar-refractivity contribution in [3.63, 3.8) is 0 Å². The van der Waals surface area contributed by atoms with Crippen LogP contribution in [0.15, 0.2) is 30.3 Å². The topological polar surface area (TPSA) is 131 Å². The first-order chi connectivity index (χ1) is 16.3. The van der Waals surface area contributed by atoms with E-state index in [4.69, 9.17) is 9.57 Å². The van der Waals surface area contributed by atoms with Crippen LogP contribution in [0.3, 0.4) is 0 Å². The minimum absolute atomic E-state index is 0.263. The van der Waals surface area contributed by atoms with Crippen molar-refractivity contribution in [1.29, 1.82) is 0 Å². The molecule has 3 rings (SSSR count). The van der Waals surface area contributed by atoms with Crippen LogP contribution in [0, 0.1) is 34.5 Å². The molecule has 1 aromatic carbocycles. The van der Waals surface area contributed by atoms with E-state index in [-0.39, 0.29) is 12.3 Å². The number of carboxylic acid groups (broad SMARTS) is 1. The number of benzene rings is 1. The predicted octanol–water partition coefficient (Wildman–Crippen LogP) is 3.68. The Balaban J connectivity index is 1.88. The van der Waals surface area contributed by atoms with Crippen LogP contribution in [0.2, 0.25) is 0 Å². The lowest BCUT2D eigenvalue weighted by Crippen LogP contribution is -2.50. The largest absolute Gasteiger partial charge is 0.481 e. The molecular weight excluding hydrogens is 452 g/mol. The van der Waals surface area contributed by atoms with Gasteiger partial charge in [0.15, 0.2) is 0 Å². The lowest BCUT2D eigenvalue weighted by Gasteiger charge is -2.41. The maximum absolute atomic E-state index is 13.6. The average Bonchev–Trinajstić information content (AvgIpc) is 3.34. The van der Waals surface area contributed by atoms with Crippen molar-refractivity contribution in [2.24, 2.45) is 34.5 Å². The molecule has 6 unspecified atom stereocenters. The number of rotatable bonds is 7. The molecule has 9 nitrogen and oxygen atoms in total. The number of carboxylic acids is 1. The van der Waals surface area contributed by atoms with Crippen molar-refractivity contribution in [1.82, 2.24) is 10.8 Å². The van der Waals surface area contributed by atoms with E-state index in [1.807, 2.05) is 37.3 Å². The zero-order valence-electron chi connectivity index (χ0n) is 21.2. The van der Waals surface area contributed by atoms with Crippen LogP contribution >= 0.6 is 0 Å². The number of aliphatic carboxylic acids is 1. The monoisotopic (exact) mass is 488 g/mol. The Morgan fingerprint density at radius 1 is 1.09 bits per heavy atom. The van der Waals surface area contributed by atoms with Gasteiger partial charge < -0.3 is 20.0 Å². The second kappa shape index (κ2) is 9.51. The highest BCUT2D eigenvalue weighted by Gasteiger charge is 2.86. The number of ether oxygens (including phenoxy) is 1. The second-order valence-electron chi connectivity index (χ2n) is 10.7. The molecule has 0 aromatic heterocycles. The number of amides is 2. The highest BCUT2D eigenvalue weighted by molar-refractivity contribution is 5.91. The Morgan fingerprint density at radius 2 is 1.71 bits per heavy atom. The molecule has 3 N–H and O–H groups in total. The molecule has 2 amide bonds. The Morgan fingerprint density at radius 3 is 2.23 bits per heavy atom. The fourth-order valence-corrected chi connectivity index (χ4v) is 6.56. The standard InChI is InChI=1S/C26H36N2O7/c1-7-16-17(20(29)27-14-15-12-10-9-11-13-15)18-19(21(30)31)25(18,6)26(16,8-2)22(32)35-28-23(33)34-24(3,4)5/h9-13,16-19H,7-8,14H2,1-6H3,(H,27,29)(H,28,33)(H,30,31). The van der Waals surface area contributed by atoms with E-state index in [1.54, 1.807) is 34.6 Å². The average molecular weight is 489 g/mol. The van der Waals surface area contributed by atoms with Crippen LogP contribution in [0.25, 0.3) is 0 Å². The van der Waals surface area contributed by atoms with Gasteiger partial charge in [-0.3, -0.25) is 9.59 Å². The Kier molecular flexibility index (Phi) is 7.20. The summed E-state index contributed by atoms with van der Waals surface area (Å²) < 4.78 is 5.14. The molecule has 0 heterocycles. The number of carbonyl (C=O) groups excluding carboxylic acids is 3. The third-order valence-electron chi connectivity index (χ3n) is 7.87. The molecule has 2 saturated carbocycles. The molecule has 0 radical (unpaired) electrons. The van der Waals surface area contributed by atoms with Crippen LogP contribution < -0.4 is 10.8 Å². The van der Waals surface area contributed by atoms with Crippen molar-refractivity contribution >= 4 is 23.9 Å². The number of carbonyl (C=O) groups is 4. The maximum atomic E-state index is 13.6. The van der Waals surface area contributed by atoms with Gasteiger partial charge in [-0.05, 0) is 44.6 Å². The van der Waals surface area contributed by atoms with Crippen molar-refractivity contribution < 1.29 is 33.9 Å². The van der Waals surface area contributed by atoms with Gasteiger partial charge in [0, 0.05) is 17.9 Å². The summed E-state index contributed by atoms with van der Waals surface area (Å²) in [6.07, 6.45) is -0.191. The minimum atomic E-state index is -1.26. The summed E-state index contributed by atoms with van der Waals surface area (Å²) >= 11 is 0. The van der Waals surface area contributed by atoms with E-state index < -0.39 is 58.1 Å². The van der Waals surface area contributed by atoms with Crippen molar-refractivity contribution in [2.45, 2.75) is 66.5 Å². The van der Waals surface area contributed by atoms with Crippen LogP contribution in [0.1, 0.15) is 59.9 Å². The van der Waals surface area contributed by atoms with Gasteiger partial charge in [0.1, 0.15) is 5.60 Å². The highest BCUT2D eigenvalue weighted by Crippen LogP contribution is 2.81. The van der Waals surface area contributed by atoms with E-state index in [2.05, 4.69) is 10.8 Å². The molecule has 0 aliphatic heterocycles. The van der Waals surface area contributed by atoms with E-state index in [1.165, 1.54) is 0 Å². The Labute approximate surface area is 205 Å². The summed E-state index contributed by atoms with van der Waals surface area (Å²) in [5.41, 5.74) is -0.0731. The summed E-state index contributed by atoms with van der Waals surface area (Å²) in [6, 6.07) is 9.42. The fraction of sp³-hybridized carbons (Fsp3) is 0.615. The molecule has 2 aliphatic carbocycles. The van der Waals surface area contributed by atoms with Crippen LogP contribution in [-0.4, -0.2) is 34.6 Å². The minimum Gasteiger partial charge on any atom is -0.481 e. The number of fused-ring (bicyclic) bond motifs is 1. The highest BCUT2D eigenvalue weighted by atomic mass is 16.7. The first kappa shape index (κ1) is 26.5. The van der Waals surface area contributed by atoms with Gasteiger partial charge in [-0.25, -0.2) is 9.59 Å². The summed E-state index contributed by atoms with van der Waals surface area (Å²) in [6.45, 7) is 10.8. The number of hydrogen-bond donors (Lipinski definition) is 3. The van der Waals surface area contributed by atoms with Crippen molar-refractivity contribution in [2.75, 3.05) is 0 Å². The molecule has 0 spiro atoms. The summed E-state index contributed by atoms with van der Waals surface area (Å²) in [4.78, 5) is 56.5. The molecule has 0 bridgehead atoms. The molecule has 0 saturated heterocycles. The van der Waals surface area contributed by atoms with Crippen molar-refractivity contribution in [3.8, 4) is 0 Å². The summed E-state index contributed by atoms with van der Waals surface area (Å²) in [7, 11) is 0. The third kappa shape index (κ3) is 4.48. The van der Waals surface area contributed by atoms with Gasteiger partial charge in [0.05, 0.1) is 11.3 Å². The molecule has 1 aromatic rings. The van der Waals surface area contributed by atoms with Crippen LogP contribution in [0.4, 0.5) is 4.79 Å². The molecule has 6 atom stereocenters. The molecule has 2 aliphatic rings. The van der Waals surface area contributed by atoms with Gasteiger partial charge in [0.2, 0.25) is 5.91 Å². The fourth-order valence-electron chi connectivity index (χ4n) is 6.56. The zero-order chi connectivity index (χ0) is 26.2. The third-order valence-corrected chi connectivity index (χ3v) is 7.87. The maximum Gasteiger partial charge on any atom is 0.441 e. The van der Waals surface area contributed by atoms with Crippen LogP contribution in [-0.2, 0) is 30.5 Å².